The predicted molar refractivity (Wildman–Crippen MR) is 233 cm³/mol. The van der Waals surface area contributed by atoms with Crippen molar-refractivity contribution in [3.05, 3.63) is 123 Å². The normalized spacial score (nSPS) is 14.0. The Morgan fingerprint density at radius 2 is 1.34 bits per heavy atom. The van der Waals surface area contributed by atoms with E-state index in [0.717, 1.165) is 35.1 Å². The first-order valence-corrected chi connectivity index (χ1v) is 19.5. The van der Waals surface area contributed by atoms with Crippen molar-refractivity contribution in [2.45, 2.75) is 59.0 Å². The molecule has 62 heavy (non-hydrogen) atoms. The van der Waals surface area contributed by atoms with E-state index in [0.29, 0.717) is 35.6 Å². The molecule has 0 fully saturated rings. The molecule has 14 nitrogen and oxygen atoms in total. The van der Waals surface area contributed by atoms with Crippen molar-refractivity contribution in [2.24, 2.45) is 19.8 Å². The first-order valence-electron chi connectivity index (χ1n) is 18.7. The van der Waals surface area contributed by atoms with Crippen LogP contribution in [0.15, 0.2) is 67.5 Å². The number of fused-ring (bicyclic) bond motifs is 2. The molecule has 2 aliphatic rings. The van der Waals surface area contributed by atoms with E-state index in [4.69, 9.17) is 38.4 Å². The van der Waals surface area contributed by atoms with E-state index in [9.17, 15) is 28.0 Å². The summed E-state index contributed by atoms with van der Waals surface area (Å²) in [5.74, 6) is 8.91. The number of imidazole rings is 1. The SMILES string of the molecule is C.CC#CCOC(=O)NC1CCc2c1cn(C)c2C(=O)Nc1ccc(F)c(Cl)c1.CC#CCOC(=O)n1ccnc1.Cn1cc2c(c1C(=O)Nc1ccc(F)c(Cl)c1)CCC2N. The van der Waals surface area contributed by atoms with Crippen molar-refractivity contribution in [3.8, 4) is 23.7 Å². The summed E-state index contributed by atoms with van der Waals surface area (Å²) in [6.07, 6.45) is 10.1. The van der Waals surface area contributed by atoms with Gasteiger partial charge in [0.1, 0.15) is 29.3 Å². The molecule has 7 rings (SSSR count). The van der Waals surface area contributed by atoms with Gasteiger partial charge < -0.3 is 40.3 Å². The van der Waals surface area contributed by atoms with Gasteiger partial charge >= 0.3 is 12.2 Å². The number of nitrogens with zero attached hydrogens (tertiary/aromatic N) is 4. The third-order valence-corrected chi connectivity index (χ3v) is 10.1. The topological polar surface area (TPSA) is 177 Å². The highest BCUT2D eigenvalue weighted by Crippen LogP contribution is 2.36. The molecule has 326 valence electrons. The quantitative estimate of drug-likeness (QED) is 0.118. The predicted octanol–water partition coefficient (Wildman–Crippen LogP) is 8.35. The molecule has 3 aromatic heterocycles. The van der Waals surface area contributed by atoms with Gasteiger partial charge in [0, 0.05) is 56.3 Å². The second kappa shape index (κ2) is 22.3. The molecule has 0 aliphatic heterocycles. The van der Waals surface area contributed by atoms with Gasteiger partial charge in [-0.05, 0) is 98.2 Å². The number of rotatable bonds is 7. The molecule has 2 unspecified atom stereocenters. The highest BCUT2D eigenvalue weighted by atomic mass is 35.5. The lowest BCUT2D eigenvalue weighted by Crippen LogP contribution is -2.27. The van der Waals surface area contributed by atoms with Crippen molar-refractivity contribution in [3.63, 3.8) is 0 Å². The lowest BCUT2D eigenvalue weighted by molar-refractivity contribution is 0.101. The largest absolute Gasteiger partial charge is 0.436 e. The van der Waals surface area contributed by atoms with Crippen LogP contribution in [-0.2, 0) is 36.4 Å². The number of amides is 3. The molecule has 2 atom stereocenters. The summed E-state index contributed by atoms with van der Waals surface area (Å²) in [4.78, 5) is 51.8. The molecule has 5 aromatic rings. The number of alkyl carbamates (subject to hydrolysis) is 1. The minimum Gasteiger partial charge on any atom is -0.436 e. The fourth-order valence-corrected chi connectivity index (χ4v) is 7.05. The molecule has 0 saturated carbocycles. The van der Waals surface area contributed by atoms with Crippen molar-refractivity contribution in [1.82, 2.24) is 24.0 Å². The molecule has 0 radical (unpaired) electrons. The number of hydrogen-bond acceptors (Lipinski definition) is 8. The number of nitrogens with two attached hydrogens (primary N) is 1. The fourth-order valence-electron chi connectivity index (χ4n) is 6.69. The second-order valence-corrected chi connectivity index (χ2v) is 14.4. The highest BCUT2D eigenvalue weighted by Gasteiger charge is 2.32. The van der Waals surface area contributed by atoms with Crippen LogP contribution in [0.3, 0.4) is 0 Å². The van der Waals surface area contributed by atoms with Crippen LogP contribution >= 0.6 is 23.2 Å². The van der Waals surface area contributed by atoms with Gasteiger partial charge in [-0.1, -0.05) is 42.5 Å². The number of carbonyl (C=O) groups is 4. The third-order valence-electron chi connectivity index (χ3n) is 9.49. The van der Waals surface area contributed by atoms with Crippen molar-refractivity contribution >= 4 is 58.6 Å². The van der Waals surface area contributed by atoms with Gasteiger partial charge in [0.25, 0.3) is 11.8 Å². The second-order valence-electron chi connectivity index (χ2n) is 13.5. The molecule has 0 spiro atoms. The summed E-state index contributed by atoms with van der Waals surface area (Å²) in [5.41, 5.74) is 11.7. The van der Waals surface area contributed by atoms with Gasteiger partial charge in [0.15, 0.2) is 13.2 Å². The zero-order chi connectivity index (χ0) is 44.2. The van der Waals surface area contributed by atoms with Crippen LogP contribution in [0.4, 0.5) is 29.7 Å². The summed E-state index contributed by atoms with van der Waals surface area (Å²) in [6, 6.07) is 7.86. The Bertz CT molecular complexity index is 2550. The zero-order valence-electron chi connectivity index (χ0n) is 33.6. The Balaban J connectivity index is 0.000000219. The average Bonchev–Trinajstić information content (AvgIpc) is 4.06. The van der Waals surface area contributed by atoms with E-state index in [1.807, 2.05) is 19.4 Å². The average molecular weight is 892 g/mol. The summed E-state index contributed by atoms with van der Waals surface area (Å²) in [6.45, 7) is 3.50. The Hall–Kier alpha value is -6.59. The molecule has 3 heterocycles. The van der Waals surface area contributed by atoms with E-state index in [-0.39, 0.29) is 54.6 Å². The molecule has 0 bridgehead atoms. The third kappa shape index (κ3) is 12.0. The summed E-state index contributed by atoms with van der Waals surface area (Å²) < 4.78 is 40.9. The lowest BCUT2D eigenvalue weighted by atomic mass is 10.1. The van der Waals surface area contributed by atoms with Gasteiger partial charge in [0.2, 0.25) is 0 Å². The number of anilines is 2. The maximum atomic E-state index is 13.3. The monoisotopic (exact) mass is 890 g/mol. The molecule has 2 aromatic carbocycles. The summed E-state index contributed by atoms with van der Waals surface area (Å²) in [7, 11) is 3.58. The number of ether oxygens (including phenoxy) is 2. The van der Waals surface area contributed by atoms with E-state index in [1.165, 1.54) is 59.7 Å². The Labute approximate surface area is 368 Å². The number of benzene rings is 2. The fraction of sp³-hybridized carbons (Fsp3) is 0.295. The summed E-state index contributed by atoms with van der Waals surface area (Å²) in [5, 5.41) is 8.20. The van der Waals surface area contributed by atoms with Gasteiger partial charge in [-0.15, -0.1) is 11.8 Å². The standard InChI is InChI=1S/C20H19ClFN3O3.C15H15ClFN3O.C8H8N2O2.CH4/c1-3-4-9-28-20(27)24-17-8-6-13-14(17)11-25(2)18(13)19(26)23-12-5-7-16(22)15(21)10-12;1-20-7-10-9(3-5-13(10)18)14(20)15(21)19-8-2-4-12(17)11(16)6-8;1-2-3-6-12-8(11)10-5-4-9-7-10;/h5,7,10-11,17H,6,8-9H2,1-2H3,(H,23,26)(H,24,27);2,4,6-7,13H,3,5,18H2,1H3,(H,19,21);4-5,7H,6H2,1H3;1H4. The Morgan fingerprint density at radius 3 is 1.85 bits per heavy atom. The molecule has 3 amide bonds. The van der Waals surface area contributed by atoms with Crippen molar-refractivity contribution in [1.29, 1.82) is 0 Å². The molecular formula is C44H46Cl2F2N8O6. The van der Waals surface area contributed by atoms with Gasteiger partial charge in [-0.2, -0.15) is 0 Å². The molecule has 0 saturated heterocycles. The smallest absolute Gasteiger partial charge is 0.420 e. The molecule has 2 aliphatic carbocycles. The number of halogens is 4. The number of aromatic nitrogens is 4. The van der Waals surface area contributed by atoms with Crippen LogP contribution in [0.2, 0.25) is 10.0 Å². The number of aryl methyl sites for hydroxylation is 2. The van der Waals surface area contributed by atoms with Gasteiger partial charge in [-0.25, -0.2) is 27.9 Å². The molecule has 5 N–H and O–H groups in total. The van der Waals surface area contributed by atoms with Crippen LogP contribution in [0, 0.1) is 35.3 Å². The van der Waals surface area contributed by atoms with Crippen LogP contribution in [0.1, 0.15) is 89.4 Å². The van der Waals surface area contributed by atoms with E-state index < -0.39 is 23.8 Å². The van der Waals surface area contributed by atoms with Crippen LogP contribution in [-0.4, -0.2) is 55.9 Å². The Morgan fingerprint density at radius 1 is 0.823 bits per heavy atom. The van der Waals surface area contributed by atoms with E-state index >= 15 is 0 Å². The maximum absolute atomic E-state index is 13.3. The highest BCUT2D eigenvalue weighted by molar-refractivity contribution is 6.31. The number of carbonyl (C=O) groups excluding carboxylic acids is 4. The van der Waals surface area contributed by atoms with Gasteiger partial charge in [-0.3, -0.25) is 9.59 Å². The van der Waals surface area contributed by atoms with Crippen LogP contribution in [0.25, 0.3) is 0 Å². The van der Waals surface area contributed by atoms with E-state index in [2.05, 4.69) is 44.6 Å². The number of hydrogen-bond donors (Lipinski definition) is 4. The molecular weight excluding hydrogens is 845 g/mol. The minimum atomic E-state index is -0.551. The van der Waals surface area contributed by atoms with Crippen LogP contribution in [0.5, 0.6) is 0 Å². The van der Waals surface area contributed by atoms with Crippen molar-refractivity contribution in [2.75, 3.05) is 23.8 Å². The molecule has 18 heteroatoms. The van der Waals surface area contributed by atoms with Crippen molar-refractivity contribution < 1.29 is 37.4 Å². The zero-order valence-corrected chi connectivity index (χ0v) is 35.1. The first kappa shape index (κ1) is 48.1. The van der Waals surface area contributed by atoms with Gasteiger partial charge in [0.05, 0.1) is 16.1 Å². The van der Waals surface area contributed by atoms with Crippen LogP contribution < -0.4 is 21.7 Å². The maximum Gasteiger partial charge on any atom is 0.420 e. The van der Waals surface area contributed by atoms with E-state index in [1.54, 1.807) is 30.0 Å². The minimum absolute atomic E-state index is 0. The number of nitrogens with one attached hydrogen (secondary N) is 3. The lowest BCUT2D eigenvalue weighted by Gasteiger charge is -2.12. The first-order chi connectivity index (χ1) is 29.2. The summed E-state index contributed by atoms with van der Waals surface area (Å²) >= 11 is 11.5. The Kier molecular flexibility index (Phi) is 17.3.